The highest BCUT2D eigenvalue weighted by atomic mass is 19.4. The van der Waals surface area contributed by atoms with E-state index in [0.29, 0.717) is 0 Å². The van der Waals surface area contributed by atoms with Gasteiger partial charge in [0.15, 0.2) is 0 Å². The van der Waals surface area contributed by atoms with E-state index < -0.39 is 36.5 Å². The van der Waals surface area contributed by atoms with Crippen molar-refractivity contribution in [2.24, 2.45) is 0 Å². The first-order valence-corrected chi connectivity index (χ1v) is 4.82. The molecule has 0 unspecified atom stereocenters. The van der Waals surface area contributed by atoms with Crippen LogP contribution < -0.4 is 0 Å². The van der Waals surface area contributed by atoms with Crippen molar-refractivity contribution < 1.29 is 33.0 Å². The summed E-state index contributed by atoms with van der Waals surface area (Å²) < 4.78 is 36.6. The van der Waals surface area contributed by atoms with E-state index in [1.54, 1.807) is 0 Å². The van der Waals surface area contributed by atoms with E-state index in [1.807, 2.05) is 0 Å². The van der Waals surface area contributed by atoms with Crippen molar-refractivity contribution in [2.45, 2.75) is 19.0 Å². The molecule has 4 nitrogen and oxygen atoms in total. The van der Waals surface area contributed by atoms with Crippen LogP contribution in [-0.4, -0.2) is 28.3 Å². The van der Waals surface area contributed by atoms with E-state index in [9.17, 15) is 22.8 Å². The normalized spacial score (nSPS) is 11.3. The second-order valence-corrected chi connectivity index (χ2v) is 3.66. The number of hydrogen-bond donors (Lipinski definition) is 2. The quantitative estimate of drug-likeness (QED) is 0.871. The number of aromatic carboxylic acids is 1. The first-order chi connectivity index (χ1) is 8.19. The molecule has 7 heteroatoms. The van der Waals surface area contributed by atoms with Gasteiger partial charge in [0.1, 0.15) is 0 Å². The minimum absolute atomic E-state index is 0.144. The van der Waals surface area contributed by atoms with Gasteiger partial charge in [0, 0.05) is 0 Å². The average molecular weight is 262 g/mol. The van der Waals surface area contributed by atoms with Crippen molar-refractivity contribution in [3.8, 4) is 0 Å². The number of halogens is 3. The fourth-order valence-corrected chi connectivity index (χ4v) is 1.48. The minimum Gasteiger partial charge on any atom is -0.481 e. The van der Waals surface area contributed by atoms with Gasteiger partial charge in [-0.15, -0.1) is 0 Å². The Bertz CT molecular complexity index is 480. The fourth-order valence-electron chi connectivity index (χ4n) is 1.48. The Hall–Kier alpha value is -2.05. The first kappa shape index (κ1) is 14.0. The SMILES string of the molecule is O=C(O)Cc1ccc(CC(F)(F)F)c(C(=O)O)c1. The van der Waals surface area contributed by atoms with Crippen LogP contribution in [0.5, 0.6) is 0 Å². The Morgan fingerprint density at radius 3 is 2.22 bits per heavy atom. The zero-order valence-electron chi connectivity index (χ0n) is 8.99. The maximum Gasteiger partial charge on any atom is 0.393 e. The molecule has 1 rings (SSSR count). The Morgan fingerprint density at radius 1 is 1.17 bits per heavy atom. The van der Waals surface area contributed by atoms with E-state index >= 15 is 0 Å². The van der Waals surface area contributed by atoms with Crippen LogP contribution >= 0.6 is 0 Å². The largest absolute Gasteiger partial charge is 0.481 e. The molecule has 1 aromatic carbocycles. The summed E-state index contributed by atoms with van der Waals surface area (Å²) in [6.45, 7) is 0. The highest BCUT2D eigenvalue weighted by Gasteiger charge is 2.30. The van der Waals surface area contributed by atoms with E-state index in [2.05, 4.69) is 0 Å². The summed E-state index contributed by atoms with van der Waals surface area (Å²) in [5, 5.41) is 17.3. The molecule has 1 aromatic rings. The average Bonchev–Trinajstić information content (AvgIpc) is 2.17. The summed E-state index contributed by atoms with van der Waals surface area (Å²) >= 11 is 0. The lowest BCUT2D eigenvalue weighted by Gasteiger charge is -2.10. The zero-order valence-corrected chi connectivity index (χ0v) is 8.99. The predicted octanol–water partition coefficient (Wildman–Crippen LogP) is 2.12. The van der Waals surface area contributed by atoms with Gasteiger partial charge in [-0.25, -0.2) is 4.79 Å². The monoisotopic (exact) mass is 262 g/mol. The van der Waals surface area contributed by atoms with Gasteiger partial charge in [0.25, 0.3) is 0 Å². The van der Waals surface area contributed by atoms with Gasteiger partial charge in [-0.1, -0.05) is 12.1 Å². The van der Waals surface area contributed by atoms with Crippen molar-refractivity contribution in [1.82, 2.24) is 0 Å². The number of rotatable bonds is 4. The Morgan fingerprint density at radius 2 is 1.78 bits per heavy atom. The topological polar surface area (TPSA) is 74.6 Å². The van der Waals surface area contributed by atoms with Crippen LogP contribution in [0, 0.1) is 0 Å². The number of alkyl halides is 3. The number of carboxylic acid groups (broad SMARTS) is 2. The third kappa shape index (κ3) is 4.08. The van der Waals surface area contributed by atoms with Gasteiger partial charge >= 0.3 is 18.1 Å². The second kappa shape index (κ2) is 5.07. The van der Waals surface area contributed by atoms with Gasteiger partial charge in [0.2, 0.25) is 0 Å². The molecule has 0 fully saturated rings. The zero-order chi connectivity index (χ0) is 13.9. The Labute approximate surface area is 99.7 Å². The number of hydrogen-bond acceptors (Lipinski definition) is 2. The molecule has 18 heavy (non-hydrogen) atoms. The third-order valence-corrected chi connectivity index (χ3v) is 2.15. The lowest BCUT2D eigenvalue weighted by atomic mass is 10.00. The molecule has 0 spiro atoms. The van der Waals surface area contributed by atoms with Crippen LogP contribution in [0.3, 0.4) is 0 Å². The van der Waals surface area contributed by atoms with Crippen molar-refractivity contribution in [3.63, 3.8) is 0 Å². The highest BCUT2D eigenvalue weighted by molar-refractivity contribution is 5.90. The molecule has 0 aliphatic heterocycles. The molecule has 0 saturated carbocycles. The van der Waals surface area contributed by atoms with Crippen molar-refractivity contribution >= 4 is 11.9 Å². The fraction of sp³-hybridized carbons (Fsp3) is 0.273. The van der Waals surface area contributed by atoms with E-state index in [0.717, 1.165) is 12.1 Å². The number of benzene rings is 1. The van der Waals surface area contributed by atoms with E-state index in [1.165, 1.54) is 6.07 Å². The summed E-state index contributed by atoms with van der Waals surface area (Å²) in [6.07, 6.45) is -6.31. The number of carboxylic acids is 2. The summed E-state index contributed by atoms with van der Waals surface area (Å²) in [5.41, 5.74) is -0.763. The molecule has 0 aliphatic carbocycles. The van der Waals surface area contributed by atoms with E-state index in [4.69, 9.17) is 10.2 Å². The molecular weight excluding hydrogens is 253 g/mol. The molecule has 98 valence electrons. The molecule has 0 atom stereocenters. The van der Waals surface area contributed by atoms with Crippen molar-refractivity contribution in [3.05, 3.63) is 34.9 Å². The van der Waals surface area contributed by atoms with Crippen LogP contribution in [0.15, 0.2) is 18.2 Å². The van der Waals surface area contributed by atoms with Crippen LogP contribution in [0.25, 0.3) is 0 Å². The molecule has 0 heterocycles. The van der Waals surface area contributed by atoms with Crippen LogP contribution in [0.4, 0.5) is 13.2 Å². The van der Waals surface area contributed by atoms with Gasteiger partial charge < -0.3 is 10.2 Å². The van der Waals surface area contributed by atoms with Gasteiger partial charge in [-0.05, 0) is 17.2 Å². The standard InChI is InChI=1S/C11H9F3O4/c12-11(13,14)5-7-2-1-6(4-9(15)16)3-8(7)10(17)18/h1-3H,4-5H2,(H,15,16)(H,17,18). The van der Waals surface area contributed by atoms with Crippen molar-refractivity contribution in [1.29, 1.82) is 0 Å². The van der Waals surface area contributed by atoms with Gasteiger partial charge in [0.05, 0.1) is 18.4 Å². The van der Waals surface area contributed by atoms with E-state index in [-0.39, 0.29) is 11.1 Å². The molecule has 0 aliphatic rings. The number of aliphatic carboxylic acids is 1. The molecule has 0 saturated heterocycles. The number of carbonyl (C=O) groups is 2. The molecule has 0 amide bonds. The van der Waals surface area contributed by atoms with Crippen molar-refractivity contribution in [2.75, 3.05) is 0 Å². The lowest BCUT2D eigenvalue weighted by Crippen LogP contribution is -2.15. The Kier molecular flexibility index (Phi) is 3.95. The smallest absolute Gasteiger partial charge is 0.393 e. The minimum atomic E-state index is -4.52. The molecular formula is C11H9F3O4. The summed E-state index contributed by atoms with van der Waals surface area (Å²) in [7, 11) is 0. The predicted molar refractivity (Wildman–Crippen MR) is 54.5 cm³/mol. The molecule has 0 aromatic heterocycles. The summed E-state index contributed by atoms with van der Waals surface area (Å²) in [6, 6.07) is 3.13. The maximum absolute atomic E-state index is 12.2. The second-order valence-electron chi connectivity index (χ2n) is 3.66. The van der Waals surface area contributed by atoms with Crippen LogP contribution in [0.2, 0.25) is 0 Å². The summed E-state index contributed by atoms with van der Waals surface area (Å²) in [4.78, 5) is 21.3. The molecule has 2 N–H and O–H groups in total. The highest BCUT2D eigenvalue weighted by Crippen LogP contribution is 2.24. The Balaban J connectivity index is 3.12. The molecule has 0 radical (unpaired) electrons. The maximum atomic E-state index is 12.2. The molecule has 0 bridgehead atoms. The van der Waals surface area contributed by atoms with Crippen LogP contribution in [0.1, 0.15) is 21.5 Å². The lowest BCUT2D eigenvalue weighted by molar-refractivity contribution is -0.136. The summed E-state index contributed by atoms with van der Waals surface area (Å²) in [5.74, 6) is -2.70. The van der Waals surface area contributed by atoms with Crippen LogP contribution in [-0.2, 0) is 17.6 Å². The third-order valence-electron chi connectivity index (χ3n) is 2.15. The first-order valence-electron chi connectivity index (χ1n) is 4.82. The van der Waals surface area contributed by atoms with Gasteiger partial charge in [-0.3, -0.25) is 4.79 Å². The van der Waals surface area contributed by atoms with Gasteiger partial charge in [-0.2, -0.15) is 13.2 Å².